The molecule has 0 spiro atoms. The van der Waals surface area contributed by atoms with Gasteiger partial charge in [-0.3, -0.25) is 9.69 Å². The van der Waals surface area contributed by atoms with E-state index in [2.05, 4.69) is 5.32 Å². The van der Waals surface area contributed by atoms with Gasteiger partial charge < -0.3 is 10.4 Å². The molecule has 1 aliphatic heterocycles. The lowest BCUT2D eigenvalue weighted by Gasteiger charge is -2.33. The van der Waals surface area contributed by atoms with E-state index in [9.17, 15) is 14.3 Å². The number of aliphatic hydroxyl groups is 1. The lowest BCUT2D eigenvalue weighted by molar-refractivity contribution is -0.121. The summed E-state index contributed by atoms with van der Waals surface area (Å²) in [4.78, 5) is 14.1. The second kappa shape index (κ2) is 6.33. The number of halogens is 1. The lowest BCUT2D eigenvalue weighted by atomic mass is 10.1. The first kappa shape index (κ1) is 14.9. The Hall–Kier alpha value is -1.46. The van der Waals surface area contributed by atoms with Crippen molar-refractivity contribution in [2.24, 2.45) is 0 Å². The molecule has 0 aliphatic carbocycles. The molecule has 0 aromatic heterocycles. The van der Waals surface area contributed by atoms with Gasteiger partial charge >= 0.3 is 0 Å². The van der Waals surface area contributed by atoms with Crippen LogP contribution in [0.2, 0.25) is 0 Å². The van der Waals surface area contributed by atoms with E-state index in [0.717, 1.165) is 19.4 Å². The van der Waals surface area contributed by atoms with Crippen molar-refractivity contribution in [2.75, 3.05) is 18.4 Å². The third-order valence-corrected chi connectivity index (χ3v) is 3.79. The summed E-state index contributed by atoms with van der Waals surface area (Å²) < 4.78 is 13.4. The number of amides is 1. The van der Waals surface area contributed by atoms with Crippen molar-refractivity contribution in [3.05, 3.63) is 29.6 Å². The molecular formula is C15H21FN2O2. The van der Waals surface area contributed by atoms with Gasteiger partial charge in [0.2, 0.25) is 5.91 Å². The average molecular weight is 280 g/mol. The van der Waals surface area contributed by atoms with E-state index in [0.29, 0.717) is 17.8 Å². The number of benzene rings is 1. The Morgan fingerprint density at radius 3 is 2.95 bits per heavy atom. The standard InChI is InChI=1S/C15H21FN2O2/c1-10-5-6-12(8-14(10)16)17-15(20)11(2)18-7-3-4-13(19)9-18/h5-6,8,11,13,19H,3-4,7,9H2,1-2H3,(H,17,20). The molecule has 20 heavy (non-hydrogen) atoms. The molecule has 0 radical (unpaired) electrons. The fraction of sp³-hybridized carbons (Fsp3) is 0.533. The van der Waals surface area contributed by atoms with Gasteiger partial charge in [-0.2, -0.15) is 0 Å². The van der Waals surface area contributed by atoms with Crippen molar-refractivity contribution >= 4 is 11.6 Å². The van der Waals surface area contributed by atoms with Crippen molar-refractivity contribution in [2.45, 2.75) is 38.8 Å². The highest BCUT2D eigenvalue weighted by Crippen LogP contribution is 2.16. The van der Waals surface area contributed by atoms with Crippen LogP contribution >= 0.6 is 0 Å². The minimum Gasteiger partial charge on any atom is -0.392 e. The van der Waals surface area contributed by atoms with Crippen LogP contribution < -0.4 is 5.32 Å². The molecule has 2 atom stereocenters. The van der Waals surface area contributed by atoms with Crippen molar-refractivity contribution in [1.29, 1.82) is 0 Å². The van der Waals surface area contributed by atoms with Crippen molar-refractivity contribution in [3.63, 3.8) is 0 Å². The summed E-state index contributed by atoms with van der Waals surface area (Å²) in [6, 6.07) is 4.31. The number of anilines is 1. The van der Waals surface area contributed by atoms with Gasteiger partial charge in [0.1, 0.15) is 5.82 Å². The van der Waals surface area contributed by atoms with E-state index in [1.165, 1.54) is 6.07 Å². The quantitative estimate of drug-likeness (QED) is 0.889. The lowest BCUT2D eigenvalue weighted by Crippen LogP contribution is -2.48. The molecule has 2 unspecified atom stereocenters. The van der Waals surface area contributed by atoms with Crippen LogP contribution in [0, 0.1) is 12.7 Å². The molecule has 4 nitrogen and oxygen atoms in total. The van der Waals surface area contributed by atoms with Crippen LogP contribution in [0.25, 0.3) is 0 Å². The Bertz CT molecular complexity index is 493. The number of piperidine rings is 1. The molecule has 1 aliphatic rings. The van der Waals surface area contributed by atoms with Crippen LogP contribution in [0.4, 0.5) is 10.1 Å². The molecule has 1 amide bonds. The number of β-amino-alcohol motifs (C(OH)–C–C–N with tert-alkyl or cyclic N) is 1. The van der Waals surface area contributed by atoms with Gasteiger partial charge in [-0.25, -0.2) is 4.39 Å². The number of aliphatic hydroxyl groups excluding tert-OH is 1. The first-order valence-corrected chi connectivity index (χ1v) is 6.96. The number of likely N-dealkylation sites (tertiary alicyclic amines) is 1. The molecule has 5 heteroatoms. The van der Waals surface area contributed by atoms with Crippen LogP contribution in [0.1, 0.15) is 25.3 Å². The molecule has 1 aromatic rings. The van der Waals surface area contributed by atoms with Crippen molar-refractivity contribution in [1.82, 2.24) is 4.90 Å². The number of hydrogen-bond acceptors (Lipinski definition) is 3. The van der Waals surface area contributed by atoms with Crippen LogP contribution in [0.15, 0.2) is 18.2 Å². The largest absolute Gasteiger partial charge is 0.392 e. The zero-order valence-corrected chi connectivity index (χ0v) is 11.9. The zero-order chi connectivity index (χ0) is 14.7. The summed E-state index contributed by atoms with van der Waals surface area (Å²) in [5, 5.41) is 12.4. The Labute approximate surface area is 118 Å². The SMILES string of the molecule is Cc1ccc(NC(=O)C(C)N2CCCC(O)C2)cc1F. The number of nitrogens with one attached hydrogen (secondary N) is 1. The molecule has 1 aromatic carbocycles. The van der Waals surface area contributed by atoms with Gasteiger partial charge in [-0.15, -0.1) is 0 Å². The fourth-order valence-corrected chi connectivity index (χ4v) is 2.42. The maximum absolute atomic E-state index is 13.4. The summed E-state index contributed by atoms with van der Waals surface area (Å²) in [7, 11) is 0. The second-order valence-electron chi connectivity index (χ2n) is 5.42. The van der Waals surface area contributed by atoms with Crippen LogP contribution in [0.5, 0.6) is 0 Å². The topological polar surface area (TPSA) is 52.6 Å². The maximum Gasteiger partial charge on any atom is 0.241 e. The molecule has 0 bridgehead atoms. The number of carbonyl (C=O) groups excluding carboxylic acids is 1. The Morgan fingerprint density at radius 2 is 2.30 bits per heavy atom. The predicted molar refractivity (Wildman–Crippen MR) is 76.0 cm³/mol. The molecule has 1 fully saturated rings. The van der Waals surface area contributed by atoms with E-state index in [1.54, 1.807) is 26.0 Å². The summed E-state index contributed by atoms with van der Waals surface area (Å²) in [5.74, 6) is -0.508. The third-order valence-electron chi connectivity index (χ3n) is 3.79. The number of aryl methyl sites for hydroxylation is 1. The van der Waals surface area contributed by atoms with E-state index in [1.807, 2.05) is 4.90 Å². The molecule has 2 N–H and O–H groups in total. The average Bonchev–Trinajstić information content (AvgIpc) is 2.42. The van der Waals surface area contributed by atoms with Crippen molar-refractivity contribution in [3.8, 4) is 0 Å². The molecule has 1 saturated heterocycles. The number of rotatable bonds is 3. The van der Waals surface area contributed by atoms with Gasteiger partial charge in [0.15, 0.2) is 0 Å². The number of carbonyl (C=O) groups is 1. The minimum absolute atomic E-state index is 0.178. The summed E-state index contributed by atoms with van der Waals surface area (Å²) in [6.45, 7) is 4.79. The fourth-order valence-electron chi connectivity index (χ4n) is 2.42. The molecule has 110 valence electrons. The highest BCUT2D eigenvalue weighted by molar-refractivity contribution is 5.94. The first-order chi connectivity index (χ1) is 9.47. The van der Waals surface area contributed by atoms with Gasteiger partial charge in [0.25, 0.3) is 0 Å². The first-order valence-electron chi connectivity index (χ1n) is 6.96. The number of hydrogen-bond donors (Lipinski definition) is 2. The van der Waals surface area contributed by atoms with Gasteiger partial charge in [-0.1, -0.05) is 6.07 Å². The van der Waals surface area contributed by atoms with E-state index in [-0.39, 0.29) is 23.9 Å². The normalized spacial score (nSPS) is 21.5. The maximum atomic E-state index is 13.4. The van der Waals surface area contributed by atoms with E-state index >= 15 is 0 Å². The smallest absolute Gasteiger partial charge is 0.241 e. The van der Waals surface area contributed by atoms with Crippen LogP contribution in [-0.4, -0.2) is 41.1 Å². The summed E-state index contributed by atoms with van der Waals surface area (Å²) in [6.07, 6.45) is 1.31. The Balaban J connectivity index is 1.98. The predicted octanol–water partition coefficient (Wildman–Crippen LogP) is 1.92. The zero-order valence-electron chi connectivity index (χ0n) is 11.9. The van der Waals surface area contributed by atoms with E-state index in [4.69, 9.17) is 0 Å². The minimum atomic E-state index is -0.365. The highest BCUT2D eigenvalue weighted by Gasteiger charge is 2.26. The molecule has 0 saturated carbocycles. The Kier molecular flexibility index (Phi) is 4.73. The van der Waals surface area contributed by atoms with Crippen LogP contribution in [-0.2, 0) is 4.79 Å². The monoisotopic (exact) mass is 280 g/mol. The van der Waals surface area contributed by atoms with Crippen LogP contribution in [0.3, 0.4) is 0 Å². The third kappa shape index (κ3) is 3.55. The Morgan fingerprint density at radius 1 is 1.55 bits per heavy atom. The summed E-state index contributed by atoms with van der Waals surface area (Å²) in [5.41, 5.74) is 1.01. The highest BCUT2D eigenvalue weighted by atomic mass is 19.1. The van der Waals surface area contributed by atoms with E-state index < -0.39 is 0 Å². The van der Waals surface area contributed by atoms with Crippen molar-refractivity contribution < 1.29 is 14.3 Å². The van der Waals surface area contributed by atoms with Gasteiger partial charge in [0, 0.05) is 12.2 Å². The molecule has 2 rings (SSSR count). The van der Waals surface area contributed by atoms with Gasteiger partial charge in [0.05, 0.1) is 12.1 Å². The molecule has 1 heterocycles. The summed E-state index contributed by atoms with van der Waals surface area (Å²) >= 11 is 0. The number of nitrogens with zero attached hydrogens (tertiary/aromatic N) is 1. The molecular weight excluding hydrogens is 259 g/mol. The second-order valence-corrected chi connectivity index (χ2v) is 5.42. The van der Waals surface area contributed by atoms with Gasteiger partial charge in [-0.05, 0) is 50.9 Å².